The molecule has 128 valence electrons. The largest absolute Gasteiger partial charge is 0.355 e. The molecule has 3 aromatic rings. The second kappa shape index (κ2) is 8.48. The highest BCUT2D eigenvalue weighted by molar-refractivity contribution is 8.00. The molecule has 0 aliphatic carbocycles. The second-order valence-corrected chi connectivity index (χ2v) is 6.51. The van der Waals surface area contributed by atoms with Gasteiger partial charge in [0.05, 0.1) is 11.4 Å². The van der Waals surface area contributed by atoms with Crippen LogP contribution in [0.3, 0.4) is 0 Å². The number of carbonyl (C=O) groups excluding carboxylic acids is 1. The molecule has 0 aliphatic heterocycles. The van der Waals surface area contributed by atoms with Crippen molar-refractivity contribution in [3.8, 4) is 5.69 Å². The van der Waals surface area contributed by atoms with Gasteiger partial charge >= 0.3 is 0 Å². The topological polar surface area (TPSA) is 46.9 Å². The fourth-order valence-corrected chi connectivity index (χ4v) is 3.04. The average molecular weight is 355 g/mol. The SMILES string of the molecule is O=C(CSc1ccc(F)cc1)NCCc1ccc(-n2cccn2)cc1. The Hall–Kier alpha value is -2.60. The van der Waals surface area contributed by atoms with Crippen molar-refractivity contribution in [2.75, 3.05) is 12.3 Å². The van der Waals surface area contributed by atoms with E-state index in [1.54, 1.807) is 23.0 Å². The lowest BCUT2D eigenvalue weighted by Gasteiger charge is -2.07. The van der Waals surface area contributed by atoms with Crippen molar-refractivity contribution in [2.24, 2.45) is 0 Å². The van der Waals surface area contributed by atoms with Gasteiger partial charge in [-0.3, -0.25) is 4.79 Å². The Morgan fingerprint density at radius 1 is 1.12 bits per heavy atom. The summed E-state index contributed by atoms with van der Waals surface area (Å²) in [5.74, 6) is 0.0269. The number of hydrogen-bond donors (Lipinski definition) is 1. The smallest absolute Gasteiger partial charge is 0.230 e. The molecule has 0 spiro atoms. The van der Waals surface area contributed by atoms with Crippen LogP contribution in [0, 0.1) is 5.82 Å². The summed E-state index contributed by atoms with van der Waals surface area (Å²) in [4.78, 5) is 12.7. The van der Waals surface area contributed by atoms with Gasteiger partial charge in [0.25, 0.3) is 0 Å². The fraction of sp³-hybridized carbons (Fsp3) is 0.158. The van der Waals surface area contributed by atoms with Crippen LogP contribution < -0.4 is 5.32 Å². The van der Waals surface area contributed by atoms with Crippen molar-refractivity contribution in [3.05, 3.63) is 78.4 Å². The van der Waals surface area contributed by atoms with E-state index in [1.165, 1.54) is 23.9 Å². The predicted molar refractivity (Wildman–Crippen MR) is 97.4 cm³/mol. The standard InChI is InChI=1S/C19H18FN3OS/c20-16-4-8-18(9-5-16)25-14-19(24)21-12-10-15-2-6-17(7-3-15)23-13-1-11-22-23/h1-9,11,13H,10,12,14H2,(H,21,24). The van der Waals surface area contributed by atoms with Crippen LogP contribution in [0.2, 0.25) is 0 Å². The molecule has 1 N–H and O–H groups in total. The lowest BCUT2D eigenvalue weighted by molar-refractivity contribution is -0.118. The molecule has 0 bridgehead atoms. The molecule has 1 amide bonds. The molecule has 0 atom stereocenters. The maximum Gasteiger partial charge on any atom is 0.230 e. The number of benzene rings is 2. The van der Waals surface area contributed by atoms with Crippen molar-refractivity contribution in [3.63, 3.8) is 0 Å². The van der Waals surface area contributed by atoms with Crippen LogP contribution in [-0.2, 0) is 11.2 Å². The summed E-state index contributed by atoms with van der Waals surface area (Å²) in [6.45, 7) is 0.587. The number of thioether (sulfide) groups is 1. The van der Waals surface area contributed by atoms with E-state index >= 15 is 0 Å². The van der Waals surface area contributed by atoms with Gasteiger partial charge in [-0.05, 0) is 54.4 Å². The third-order valence-corrected chi connectivity index (χ3v) is 4.64. The van der Waals surface area contributed by atoms with Crippen molar-refractivity contribution in [1.82, 2.24) is 15.1 Å². The number of rotatable bonds is 7. The van der Waals surface area contributed by atoms with Gasteiger partial charge in [0.15, 0.2) is 0 Å². The van der Waals surface area contributed by atoms with E-state index in [9.17, 15) is 9.18 Å². The minimum absolute atomic E-state index is 0.0255. The minimum atomic E-state index is -0.271. The molecule has 1 heterocycles. The van der Waals surface area contributed by atoms with E-state index in [-0.39, 0.29) is 11.7 Å². The Kier molecular flexibility index (Phi) is 5.85. The van der Waals surface area contributed by atoms with Crippen LogP contribution in [0.4, 0.5) is 4.39 Å². The number of nitrogens with zero attached hydrogens (tertiary/aromatic N) is 2. The first-order valence-electron chi connectivity index (χ1n) is 7.95. The van der Waals surface area contributed by atoms with Gasteiger partial charge in [-0.1, -0.05) is 12.1 Å². The van der Waals surface area contributed by atoms with E-state index < -0.39 is 0 Å². The van der Waals surface area contributed by atoms with Crippen LogP contribution in [0.1, 0.15) is 5.56 Å². The number of hydrogen-bond acceptors (Lipinski definition) is 3. The zero-order chi connectivity index (χ0) is 17.5. The third kappa shape index (κ3) is 5.19. The van der Waals surface area contributed by atoms with Gasteiger partial charge in [0, 0.05) is 23.8 Å². The molecular weight excluding hydrogens is 337 g/mol. The molecule has 4 nitrogen and oxygen atoms in total. The van der Waals surface area contributed by atoms with Gasteiger partial charge in [0.1, 0.15) is 5.82 Å². The summed E-state index contributed by atoms with van der Waals surface area (Å²) < 4.78 is 14.6. The van der Waals surface area contributed by atoms with E-state index in [0.29, 0.717) is 12.3 Å². The highest BCUT2D eigenvalue weighted by Crippen LogP contribution is 2.17. The summed E-state index contributed by atoms with van der Waals surface area (Å²) in [5.41, 5.74) is 2.16. The predicted octanol–water partition coefficient (Wildman–Crippen LogP) is 3.46. The molecular formula is C19H18FN3OS. The first-order valence-corrected chi connectivity index (χ1v) is 8.93. The Bertz CT molecular complexity index is 802. The highest BCUT2D eigenvalue weighted by Gasteiger charge is 2.03. The summed E-state index contributed by atoms with van der Waals surface area (Å²) in [7, 11) is 0. The maximum atomic E-state index is 12.8. The van der Waals surface area contributed by atoms with Crippen LogP contribution >= 0.6 is 11.8 Å². The summed E-state index contributed by atoms with van der Waals surface area (Å²) in [6.07, 6.45) is 4.41. The first kappa shape index (κ1) is 17.2. The third-order valence-electron chi connectivity index (χ3n) is 3.62. The molecule has 25 heavy (non-hydrogen) atoms. The molecule has 6 heteroatoms. The van der Waals surface area contributed by atoms with Crippen molar-refractivity contribution < 1.29 is 9.18 Å². The van der Waals surface area contributed by atoms with E-state index in [2.05, 4.69) is 10.4 Å². The normalized spacial score (nSPS) is 10.6. The van der Waals surface area contributed by atoms with Crippen molar-refractivity contribution in [2.45, 2.75) is 11.3 Å². The van der Waals surface area contributed by atoms with Crippen molar-refractivity contribution in [1.29, 1.82) is 0 Å². The first-order chi connectivity index (χ1) is 12.2. The Balaban J connectivity index is 1.40. The highest BCUT2D eigenvalue weighted by atomic mass is 32.2. The number of carbonyl (C=O) groups is 1. The lowest BCUT2D eigenvalue weighted by atomic mass is 10.1. The molecule has 0 fully saturated rings. The fourth-order valence-electron chi connectivity index (χ4n) is 2.31. The van der Waals surface area contributed by atoms with Crippen LogP contribution in [-0.4, -0.2) is 28.0 Å². The molecule has 0 saturated heterocycles. The Morgan fingerprint density at radius 2 is 1.88 bits per heavy atom. The van der Waals surface area contributed by atoms with Gasteiger partial charge in [-0.2, -0.15) is 5.10 Å². The minimum Gasteiger partial charge on any atom is -0.355 e. The molecule has 3 rings (SSSR count). The van der Waals surface area contributed by atoms with Gasteiger partial charge in [-0.25, -0.2) is 9.07 Å². The van der Waals surface area contributed by atoms with Crippen molar-refractivity contribution >= 4 is 17.7 Å². The van der Waals surface area contributed by atoms with Gasteiger partial charge in [0.2, 0.25) is 5.91 Å². The monoisotopic (exact) mass is 355 g/mol. The van der Waals surface area contributed by atoms with E-state index in [0.717, 1.165) is 22.6 Å². The Labute approximate surface area is 150 Å². The van der Waals surface area contributed by atoms with E-state index in [1.807, 2.05) is 36.5 Å². The van der Waals surface area contributed by atoms with Crippen LogP contribution in [0.15, 0.2) is 71.9 Å². The number of aromatic nitrogens is 2. The number of nitrogens with one attached hydrogen (secondary N) is 1. The number of halogens is 1. The quantitative estimate of drug-likeness (QED) is 0.660. The van der Waals surface area contributed by atoms with Gasteiger partial charge in [-0.15, -0.1) is 11.8 Å². The average Bonchev–Trinajstić information content (AvgIpc) is 3.16. The zero-order valence-corrected chi connectivity index (χ0v) is 14.4. The molecule has 1 aromatic heterocycles. The molecule has 2 aromatic carbocycles. The van der Waals surface area contributed by atoms with Gasteiger partial charge < -0.3 is 5.32 Å². The second-order valence-electron chi connectivity index (χ2n) is 5.46. The molecule has 0 aliphatic rings. The maximum absolute atomic E-state index is 12.8. The van der Waals surface area contributed by atoms with Crippen LogP contribution in [0.5, 0.6) is 0 Å². The zero-order valence-electron chi connectivity index (χ0n) is 13.6. The van der Waals surface area contributed by atoms with Crippen LogP contribution in [0.25, 0.3) is 5.69 Å². The number of amides is 1. The lowest BCUT2D eigenvalue weighted by Crippen LogP contribution is -2.27. The molecule has 0 radical (unpaired) electrons. The summed E-state index contributed by atoms with van der Waals surface area (Å²) in [6, 6.07) is 16.1. The summed E-state index contributed by atoms with van der Waals surface area (Å²) >= 11 is 1.40. The van der Waals surface area contributed by atoms with E-state index in [4.69, 9.17) is 0 Å². The Morgan fingerprint density at radius 3 is 2.56 bits per heavy atom. The molecule has 0 unspecified atom stereocenters. The summed E-state index contributed by atoms with van der Waals surface area (Å²) in [5, 5.41) is 7.09. The molecule has 0 saturated carbocycles.